The molecule has 108 valence electrons. The first-order chi connectivity index (χ1) is 9.10. The van der Waals surface area contributed by atoms with Crippen molar-refractivity contribution >= 4 is 0 Å². The second kappa shape index (κ2) is 8.12. The Morgan fingerprint density at radius 1 is 1.37 bits per heavy atom. The van der Waals surface area contributed by atoms with Crippen molar-refractivity contribution in [2.24, 2.45) is 5.73 Å². The van der Waals surface area contributed by atoms with E-state index in [2.05, 4.69) is 0 Å². The van der Waals surface area contributed by atoms with Crippen LogP contribution in [0.4, 0.5) is 0 Å². The van der Waals surface area contributed by atoms with Gasteiger partial charge >= 0.3 is 0 Å². The molecule has 1 rings (SSSR count). The monoisotopic (exact) mass is 268 g/mol. The summed E-state index contributed by atoms with van der Waals surface area (Å²) < 4.78 is 10.2. The molecular formula is C14H24N2O3. The van der Waals surface area contributed by atoms with Gasteiger partial charge in [0.25, 0.3) is 0 Å². The van der Waals surface area contributed by atoms with Crippen LogP contribution in [0, 0.1) is 0 Å². The third-order valence-electron chi connectivity index (χ3n) is 2.91. The molecule has 5 heteroatoms. The van der Waals surface area contributed by atoms with E-state index in [0.717, 1.165) is 23.4 Å². The second-order valence-electron chi connectivity index (χ2n) is 4.66. The van der Waals surface area contributed by atoms with Gasteiger partial charge in [-0.2, -0.15) is 0 Å². The van der Waals surface area contributed by atoms with Crippen molar-refractivity contribution in [2.45, 2.75) is 19.2 Å². The Hall–Kier alpha value is -1.14. The Morgan fingerprint density at radius 2 is 2.11 bits per heavy atom. The van der Waals surface area contributed by atoms with Crippen LogP contribution >= 0.6 is 0 Å². The highest BCUT2D eigenvalue weighted by Gasteiger charge is 2.09. The maximum atomic E-state index is 9.67. The normalized spacial score (nSPS) is 12.7. The number of likely N-dealkylation sites (N-methyl/N-ethyl adjacent to an activating group) is 1. The summed E-state index contributed by atoms with van der Waals surface area (Å²) in [5, 5.41) is 9.67. The average Bonchev–Trinajstić information content (AvgIpc) is 2.38. The Bertz CT molecular complexity index is 385. The van der Waals surface area contributed by atoms with Gasteiger partial charge in [-0.3, -0.25) is 4.90 Å². The van der Waals surface area contributed by atoms with E-state index in [0.29, 0.717) is 19.7 Å². The van der Waals surface area contributed by atoms with Crippen molar-refractivity contribution in [2.75, 3.05) is 34.4 Å². The second-order valence-corrected chi connectivity index (χ2v) is 4.66. The lowest BCUT2D eigenvalue weighted by Gasteiger charge is -2.20. The summed E-state index contributed by atoms with van der Waals surface area (Å²) in [6.45, 7) is 2.11. The third kappa shape index (κ3) is 5.16. The van der Waals surface area contributed by atoms with Gasteiger partial charge < -0.3 is 20.3 Å². The molecule has 1 aromatic carbocycles. The lowest BCUT2D eigenvalue weighted by Crippen LogP contribution is -2.31. The number of benzene rings is 1. The third-order valence-corrected chi connectivity index (χ3v) is 2.91. The van der Waals surface area contributed by atoms with Crippen molar-refractivity contribution in [3.63, 3.8) is 0 Å². The first-order valence-electron chi connectivity index (χ1n) is 6.32. The molecule has 0 saturated carbocycles. The average molecular weight is 268 g/mol. The molecule has 1 atom stereocenters. The summed E-state index contributed by atoms with van der Waals surface area (Å²) >= 11 is 0. The minimum atomic E-state index is -0.472. The molecule has 0 amide bonds. The van der Waals surface area contributed by atoms with Gasteiger partial charge in [-0.15, -0.1) is 0 Å². The van der Waals surface area contributed by atoms with E-state index in [-0.39, 0.29) is 0 Å². The molecule has 5 nitrogen and oxygen atoms in total. The van der Waals surface area contributed by atoms with Crippen molar-refractivity contribution in [3.8, 4) is 5.75 Å². The summed E-state index contributed by atoms with van der Waals surface area (Å²) in [5.74, 6) is 0.811. The molecule has 1 unspecified atom stereocenters. The van der Waals surface area contributed by atoms with Crippen molar-refractivity contribution in [1.29, 1.82) is 0 Å². The first-order valence-corrected chi connectivity index (χ1v) is 6.32. The number of hydrogen-bond acceptors (Lipinski definition) is 5. The van der Waals surface area contributed by atoms with Crippen LogP contribution in [0.25, 0.3) is 0 Å². The fourth-order valence-electron chi connectivity index (χ4n) is 2.04. The van der Waals surface area contributed by atoms with Gasteiger partial charge in [0.05, 0.1) is 19.8 Å². The molecule has 0 bridgehead atoms. The summed E-state index contributed by atoms with van der Waals surface area (Å²) in [6, 6.07) is 6.00. The maximum Gasteiger partial charge on any atom is 0.123 e. The highest BCUT2D eigenvalue weighted by atomic mass is 16.5. The van der Waals surface area contributed by atoms with Gasteiger partial charge in [-0.25, -0.2) is 0 Å². The number of ether oxygens (including phenoxy) is 2. The van der Waals surface area contributed by atoms with Crippen LogP contribution in [0.2, 0.25) is 0 Å². The van der Waals surface area contributed by atoms with E-state index in [4.69, 9.17) is 15.2 Å². The van der Waals surface area contributed by atoms with Gasteiger partial charge in [-0.1, -0.05) is 12.1 Å². The van der Waals surface area contributed by atoms with Gasteiger partial charge in [0.1, 0.15) is 5.75 Å². The summed E-state index contributed by atoms with van der Waals surface area (Å²) in [5.41, 5.74) is 7.76. The number of nitrogens with two attached hydrogens (primary N) is 1. The molecule has 0 aliphatic carbocycles. The number of methoxy groups -OCH3 is 2. The van der Waals surface area contributed by atoms with Crippen LogP contribution in [-0.2, 0) is 17.8 Å². The van der Waals surface area contributed by atoms with E-state index in [1.165, 1.54) is 0 Å². The zero-order valence-electron chi connectivity index (χ0n) is 11.9. The number of aliphatic hydroxyl groups excluding tert-OH is 1. The number of aliphatic hydroxyl groups is 1. The lowest BCUT2D eigenvalue weighted by atomic mass is 10.1. The highest BCUT2D eigenvalue weighted by Crippen LogP contribution is 2.20. The largest absolute Gasteiger partial charge is 0.496 e. The first kappa shape index (κ1) is 15.9. The highest BCUT2D eigenvalue weighted by molar-refractivity contribution is 5.37. The van der Waals surface area contributed by atoms with Crippen LogP contribution in [0.1, 0.15) is 11.1 Å². The molecule has 0 aliphatic heterocycles. The maximum absolute atomic E-state index is 9.67. The van der Waals surface area contributed by atoms with E-state index >= 15 is 0 Å². The molecule has 0 saturated heterocycles. The van der Waals surface area contributed by atoms with Gasteiger partial charge in [0.15, 0.2) is 0 Å². The van der Waals surface area contributed by atoms with Gasteiger partial charge in [0.2, 0.25) is 0 Å². The van der Waals surface area contributed by atoms with Crippen LogP contribution in [-0.4, -0.2) is 50.5 Å². The van der Waals surface area contributed by atoms with E-state index < -0.39 is 6.10 Å². The van der Waals surface area contributed by atoms with Crippen LogP contribution in [0.5, 0.6) is 5.75 Å². The number of nitrogens with zero attached hydrogens (tertiary/aromatic N) is 1. The Kier molecular flexibility index (Phi) is 6.80. The summed E-state index contributed by atoms with van der Waals surface area (Å²) in [7, 11) is 5.19. The molecule has 19 heavy (non-hydrogen) atoms. The van der Waals surface area contributed by atoms with Crippen molar-refractivity contribution in [3.05, 3.63) is 29.3 Å². The minimum Gasteiger partial charge on any atom is -0.496 e. The van der Waals surface area contributed by atoms with Gasteiger partial charge in [0, 0.05) is 32.3 Å². The van der Waals surface area contributed by atoms with Gasteiger partial charge in [-0.05, 0) is 18.7 Å². The predicted molar refractivity (Wildman–Crippen MR) is 75.1 cm³/mol. The van der Waals surface area contributed by atoms with Crippen molar-refractivity contribution < 1.29 is 14.6 Å². The standard InChI is InChI=1S/C14H24N2O3/c1-16(9-13(17)10-18-2)8-11-4-5-12(7-15)14(6-11)19-3/h4-6,13,17H,7-10,15H2,1-3H3. The zero-order chi connectivity index (χ0) is 14.3. The summed E-state index contributed by atoms with van der Waals surface area (Å²) in [4.78, 5) is 2.04. The Labute approximate surface area is 114 Å². The fraction of sp³-hybridized carbons (Fsp3) is 0.571. The predicted octanol–water partition coefficient (Wildman–Crippen LogP) is 0.593. The van der Waals surface area contributed by atoms with Crippen LogP contribution in [0.3, 0.4) is 0 Å². The van der Waals surface area contributed by atoms with Crippen molar-refractivity contribution in [1.82, 2.24) is 4.90 Å². The summed E-state index contributed by atoms with van der Waals surface area (Å²) in [6.07, 6.45) is -0.472. The SMILES string of the molecule is COCC(O)CN(C)Cc1ccc(CN)c(OC)c1. The van der Waals surface area contributed by atoms with Crippen LogP contribution < -0.4 is 10.5 Å². The van der Waals surface area contributed by atoms with Crippen LogP contribution in [0.15, 0.2) is 18.2 Å². The lowest BCUT2D eigenvalue weighted by molar-refractivity contribution is 0.0419. The fourth-order valence-corrected chi connectivity index (χ4v) is 2.04. The number of hydrogen-bond donors (Lipinski definition) is 2. The molecule has 0 spiro atoms. The molecule has 0 heterocycles. The number of rotatable bonds is 8. The molecule has 0 fully saturated rings. The molecule has 0 aliphatic rings. The zero-order valence-corrected chi connectivity index (χ0v) is 11.9. The molecule has 3 N–H and O–H groups in total. The molecule has 0 aromatic heterocycles. The quantitative estimate of drug-likeness (QED) is 0.722. The Morgan fingerprint density at radius 3 is 2.68 bits per heavy atom. The Balaban J connectivity index is 2.61. The molecule has 1 aromatic rings. The van der Waals surface area contributed by atoms with E-state index in [1.807, 2.05) is 30.1 Å². The van der Waals surface area contributed by atoms with E-state index in [1.54, 1.807) is 14.2 Å². The molecule has 0 radical (unpaired) electrons. The topological polar surface area (TPSA) is 68.0 Å². The smallest absolute Gasteiger partial charge is 0.123 e. The molecular weight excluding hydrogens is 244 g/mol. The minimum absolute atomic E-state index is 0.347. The van der Waals surface area contributed by atoms with E-state index in [9.17, 15) is 5.11 Å².